The Balaban J connectivity index is 3.38. The van der Waals surface area contributed by atoms with Crippen molar-refractivity contribution in [2.45, 2.75) is 97.3 Å². The second-order valence-electron chi connectivity index (χ2n) is 6.40. The summed E-state index contributed by atoms with van der Waals surface area (Å²) in [7, 11) is 0. The van der Waals surface area contributed by atoms with Crippen molar-refractivity contribution in [2.75, 3.05) is 13.2 Å². The van der Waals surface area contributed by atoms with Crippen molar-refractivity contribution in [3.63, 3.8) is 0 Å². The first kappa shape index (κ1) is 21.4. The summed E-state index contributed by atoms with van der Waals surface area (Å²) in [4.78, 5) is 11.7. The summed E-state index contributed by atoms with van der Waals surface area (Å²) in [5, 5.41) is 8.68. The van der Waals surface area contributed by atoms with Crippen molar-refractivity contribution in [3.05, 3.63) is 0 Å². The van der Waals surface area contributed by atoms with Gasteiger partial charge >= 0.3 is 5.97 Å². The summed E-state index contributed by atoms with van der Waals surface area (Å²) >= 11 is 0. The molecule has 1 N–H and O–H groups in total. The molecule has 0 aliphatic carbocycles. The van der Waals surface area contributed by atoms with Crippen molar-refractivity contribution >= 4 is 5.97 Å². The third-order valence-corrected chi connectivity index (χ3v) is 4.31. The summed E-state index contributed by atoms with van der Waals surface area (Å²) < 4.78 is 5.40. The van der Waals surface area contributed by atoms with Gasteiger partial charge in [0.2, 0.25) is 0 Å². The third kappa shape index (κ3) is 14.4. The number of hydrogen-bond acceptors (Lipinski definition) is 3. The van der Waals surface area contributed by atoms with Crippen molar-refractivity contribution < 1.29 is 14.6 Å². The van der Waals surface area contributed by atoms with Crippen LogP contribution in [0.2, 0.25) is 0 Å². The van der Waals surface area contributed by atoms with Gasteiger partial charge < -0.3 is 9.84 Å². The molecule has 132 valence electrons. The van der Waals surface area contributed by atoms with E-state index in [0.717, 1.165) is 32.1 Å². The van der Waals surface area contributed by atoms with E-state index in [0.29, 0.717) is 25.6 Å². The number of rotatable bonds is 16. The fourth-order valence-electron chi connectivity index (χ4n) is 2.62. The van der Waals surface area contributed by atoms with Gasteiger partial charge in [-0.1, -0.05) is 71.6 Å². The molecular formula is C19H38O3. The predicted octanol–water partition coefficient (Wildman–Crippen LogP) is 5.25. The molecule has 0 saturated carbocycles. The van der Waals surface area contributed by atoms with E-state index in [1.165, 1.54) is 44.9 Å². The van der Waals surface area contributed by atoms with Crippen LogP contribution in [-0.4, -0.2) is 24.3 Å². The zero-order valence-electron chi connectivity index (χ0n) is 14.9. The number of carbonyl (C=O) groups is 1. The molecule has 3 nitrogen and oxygen atoms in total. The van der Waals surface area contributed by atoms with Crippen molar-refractivity contribution in [2.24, 2.45) is 5.92 Å². The van der Waals surface area contributed by atoms with E-state index in [-0.39, 0.29) is 5.97 Å². The van der Waals surface area contributed by atoms with E-state index in [4.69, 9.17) is 9.84 Å². The van der Waals surface area contributed by atoms with Gasteiger partial charge in [0.15, 0.2) is 0 Å². The van der Waals surface area contributed by atoms with Crippen LogP contribution in [0.25, 0.3) is 0 Å². The molecule has 0 radical (unpaired) electrons. The maximum atomic E-state index is 11.7. The highest BCUT2D eigenvalue weighted by Gasteiger charge is 2.09. The molecule has 3 heteroatoms. The Kier molecular flexibility index (Phi) is 16.4. The number of carbonyl (C=O) groups excluding carboxylic acids is 1. The van der Waals surface area contributed by atoms with Crippen LogP contribution in [0.15, 0.2) is 0 Å². The molecule has 0 aromatic heterocycles. The molecule has 1 unspecified atom stereocenters. The molecule has 0 fully saturated rings. The minimum atomic E-state index is -0.0158. The fraction of sp³-hybridized carbons (Fsp3) is 0.947. The van der Waals surface area contributed by atoms with Crippen LogP contribution < -0.4 is 0 Å². The van der Waals surface area contributed by atoms with E-state index in [1.54, 1.807) is 0 Å². The Morgan fingerprint density at radius 2 is 1.50 bits per heavy atom. The maximum Gasteiger partial charge on any atom is 0.305 e. The van der Waals surface area contributed by atoms with E-state index in [2.05, 4.69) is 13.8 Å². The number of esters is 1. The van der Waals surface area contributed by atoms with Crippen LogP contribution in [-0.2, 0) is 9.53 Å². The first-order chi connectivity index (χ1) is 10.7. The lowest BCUT2D eigenvalue weighted by molar-refractivity contribution is -0.145. The van der Waals surface area contributed by atoms with Crippen molar-refractivity contribution in [1.29, 1.82) is 0 Å². The topological polar surface area (TPSA) is 46.5 Å². The van der Waals surface area contributed by atoms with Gasteiger partial charge in [-0.15, -0.1) is 0 Å². The van der Waals surface area contributed by atoms with Gasteiger partial charge in [-0.3, -0.25) is 4.79 Å². The molecular weight excluding hydrogens is 276 g/mol. The molecule has 0 saturated heterocycles. The summed E-state index contributed by atoms with van der Waals surface area (Å²) in [5.41, 5.74) is 0. The molecule has 0 aromatic carbocycles. The van der Waals surface area contributed by atoms with Gasteiger partial charge in [-0.05, 0) is 25.2 Å². The van der Waals surface area contributed by atoms with Crippen LogP contribution in [0.4, 0.5) is 0 Å². The van der Waals surface area contributed by atoms with Gasteiger partial charge in [0, 0.05) is 13.0 Å². The zero-order chi connectivity index (χ0) is 16.5. The molecule has 0 amide bonds. The average molecular weight is 315 g/mol. The van der Waals surface area contributed by atoms with Crippen LogP contribution in [0.5, 0.6) is 0 Å². The number of aliphatic hydroxyl groups excluding tert-OH is 1. The van der Waals surface area contributed by atoms with Gasteiger partial charge in [-0.2, -0.15) is 0 Å². The SMILES string of the molecule is CCCCC(CC)COC(=O)CCCCCCCCCCO. The van der Waals surface area contributed by atoms with Gasteiger partial charge in [0.25, 0.3) is 0 Å². The first-order valence-corrected chi connectivity index (χ1v) is 9.51. The van der Waals surface area contributed by atoms with Crippen molar-refractivity contribution in [3.8, 4) is 0 Å². The summed E-state index contributed by atoms with van der Waals surface area (Å²) in [5.74, 6) is 0.528. The molecule has 1 atom stereocenters. The molecule has 0 aliphatic rings. The lowest BCUT2D eigenvalue weighted by atomic mass is 10.0. The average Bonchev–Trinajstić information content (AvgIpc) is 2.53. The number of hydrogen-bond donors (Lipinski definition) is 1. The number of ether oxygens (including phenoxy) is 1. The zero-order valence-corrected chi connectivity index (χ0v) is 14.9. The second kappa shape index (κ2) is 16.8. The lowest BCUT2D eigenvalue weighted by Crippen LogP contribution is -2.13. The lowest BCUT2D eigenvalue weighted by Gasteiger charge is -2.14. The van der Waals surface area contributed by atoms with Crippen LogP contribution in [0.1, 0.15) is 97.3 Å². The normalized spacial score (nSPS) is 12.3. The molecule has 0 spiro atoms. The Bertz CT molecular complexity index is 241. The van der Waals surface area contributed by atoms with Gasteiger partial charge in [0.05, 0.1) is 6.61 Å². The highest BCUT2D eigenvalue weighted by Crippen LogP contribution is 2.14. The van der Waals surface area contributed by atoms with E-state index in [1.807, 2.05) is 0 Å². The standard InChI is InChI=1S/C19H38O3/c1-3-5-14-18(4-2)17-22-19(21)15-12-10-8-6-7-9-11-13-16-20/h18,20H,3-17H2,1-2H3. The Morgan fingerprint density at radius 3 is 2.05 bits per heavy atom. The Hall–Kier alpha value is -0.570. The van der Waals surface area contributed by atoms with E-state index >= 15 is 0 Å². The second-order valence-corrected chi connectivity index (χ2v) is 6.40. The highest BCUT2D eigenvalue weighted by molar-refractivity contribution is 5.69. The van der Waals surface area contributed by atoms with Crippen LogP contribution in [0, 0.1) is 5.92 Å². The first-order valence-electron chi connectivity index (χ1n) is 9.51. The molecule has 0 bridgehead atoms. The van der Waals surface area contributed by atoms with Crippen molar-refractivity contribution in [1.82, 2.24) is 0 Å². The predicted molar refractivity (Wildman–Crippen MR) is 92.9 cm³/mol. The molecule has 0 aliphatic heterocycles. The minimum absolute atomic E-state index is 0.0158. The third-order valence-electron chi connectivity index (χ3n) is 4.31. The van der Waals surface area contributed by atoms with Gasteiger partial charge in [0.1, 0.15) is 0 Å². The summed E-state index contributed by atoms with van der Waals surface area (Å²) in [6.45, 7) is 5.31. The maximum absolute atomic E-state index is 11.7. The van der Waals surface area contributed by atoms with E-state index in [9.17, 15) is 4.79 Å². The number of unbranched alkanes of at least 4 members (excludes halogenated alkanes) is 8. The highest BCUT2D eigenvalue weighted by atomic mass is 16.5. The Morgan fingerprint density at radius 1 is 0.909 bits per heavy atom. The number of aliphatic hydroxyl groups is 1. The molecule has 22 heavy (non-hydrogen) atoms. The Labute approximate surface area is 137 Å². The smallest absolute Gasteiger partial charge is 0.305 e. The minimum Gasteiger partial charge on any atom is -0.465 e. The summed E-state index contributed by atoms with van der Waals surface area (Å²) in [6, 6.07) is 0. The quantitative estimate of drug-likeness (QED) is 0.313. The molecule has 0 heterocycles. The fourth-order valence-corrected chi connectivity index (χ4v) is 2.62. The van der Waals surface area contributed by atoms with E-state index < -0.39 is 0 Å². The van der Waals surface area contributed by atoms with Crippen LogP contribution in [0.3, 0.4) is 0 Å². The van der Waals surface area contributed by atoms with Crippen LogP contribution >= 0.6 is 0 Å². The monoisotopic (exact) mass is 314 g/mol. The molecule has 0 rings (SSSR count). The largest absolute Gasteiger partial charge is 0.465 e. The summed E-state index contributed by atoms with van der Waals surface area (Å²) in [6.07, 6.45) is 14.4. The molecule has 0 aromatic rings. The van der Waals surface area contributed by atoms with Gasteiger partial charge in [-0.25, -0.2) is 0 Å².